The topological polar surface area (TPSA) is 132 Å². The Morgan fingerprint density at radius 3 is 2.61 bits per heavy atom. The van der Waals surface area contributed by atoms with E-state index in [1.165, 1.54) is 6.33 Å². The Morgan fingerprint density at radius 2 is 1.88 bits per heavy atom. The smallest absolute Gasteiger partial charge is 0.253 e. The van der Waals surface area contributed by atoms with Crippen LogP contribution in [0.1, 0.15) is 21.6 Å². The Balaban J connectivity index is 1.57. The fourth-order valence-electron chi connectivity index (χ4n) is 4.08. The molecule has 166 valence electrons. The molecule has 33 heavy (non-hydrogen) atoms. The molecule has 0 radical (unpaired) electrons. The zero-order chi connectivity index (χ0) is 23.1. The summed E-state index contributed by atoms with van der Waals surface area (Å²) >= 11 is 0. The van der Waals surface area contributed by atoms with Gasteiger partial charge < -0.3 is 25.9 Å². The van der Waals surface area contributed by atoms with Gasteiger partial charge in [0.05, 0.1) is 18.4 Å². The lowest BCUT2D eigenvalue weighted by atomic mass is 9.98. The first-order valence-electron chi connectivity index (χ1n) is 10.5. The van der Waals surface area contributed by atoms with Crippen LogP contribution in [-0.2, 0) is 13.1 Å². The molecule has 5 aromatic rings. The van der Waals surface area contributed by atoms with Crippen LogP contribution in [0.25, 0.3) is 33.2 Å². The van der Waals surface area contributed by atoms with E-state index in [0.717, 1.165) is 33.3 Å². The first-order valence-corrected chi connectivity index (χ1v) is 10.5. The summed E-state index contributed by atoms with van der Waals surface area (Å²) in [7, 11) is 3.49. The number of nitrogens with two attached hydrogens (primary N) is 2. The van der Waals surface area contributed by atoms with Gasteiger partial charge in [-0.15, -0.1) is 0 Å². The lowest BCUT2D eigenvalue weighted by Gasteiger charge is -2.12. The third-order valence-electron chi connectivity index (χ3n) is 5.78. The van der Waals surface area contributed by atoms with Crippen molar-refractivity contribution in [2.75, 3.05) is 19.8 Å². The number of rotatable bonds is 5. The highest BCUT2D eigenvalue weighted by Gasteiger charge is 2.15. The molecule has 3 heterocycles. The number of anilines is 1. The molecule has 0 atom stereocenters. The molecule has 0 aliphatic rings. The molecule has 0 bridgehead atoms. The number of amides is 1. The predicted molar refractivity (Wildman–Crippen MR) is 128 cm³/mol. The molecule has 0 aliphatic carbocycles. The number of aromatic nitrogens is 5. The second-order valence-corrected chi connectivity index (χ2v) is 8.14. The number of carbonyl (C=O) groups is 1. The monoisotopic (exact) mass is 440 g/mol. The predicted octanol–water partition coefficient (Wildman–Crippen LogP) is 2.77. The molecule has 3 aromatic heterocycles. The molecule has 5 rings (SSSR count). The molecule has 0 saturated heterocycles. The fraction of sp³-hybridized carbons (Fsp3) is 0.167. The zero-order valence-electron chi connectivity index (χ0n) is 18.4. The maximum absolute atomic E-state index is 12.2. The van der Waals surface area contributed by atoms with Crippen LogP contribution in [0, 0.1) is 0 Å². The molecule has 5 N–H and O–H groups in total. The number of nitrogens with zero attached hydrogens (tertiary/aromatic N) is 5. The molecule has 0 saturated carbocycles. The molecule has 0 unspecified atom stereocenters. The summed E-state index contributed by atoms with van der Waals surface area (Å²) < 4.78 is 1.95. The Kier molecular flexibility index (Phi) is 5.02. The number of nitrogen functional groups attached to an aromatic ring is 1. The highest BCUT2D eigenvalue weighted by atomic mass is 16.2. The number of benzene rings is 2. The van der Waals surface area contributed by atoms with E-state index >= 15 is 0 Å². The Morgan fingerprint density at radius 1 is 1.09 bits per heavy atom. The minimum Gasteiger partial charge on any atom is -0.382 e. The molecule has 1 amide bonds. The van der Waals surface area contributed by atoms with Crippen molar-refractivity contribution in [2.24, 2.45) is 5.73 Å². The van der Waals surface area contributed by atoms with E-state index in [-0.39, 0.29) is 5.91 Å². The highest BCUT2D eigenvalue weighted by Crippen LogP contribution is 2.32. The number of fused-ring (bicyclic) bond motifs is 2. The van der Waals surface area contributed by atoms with Gasteiger partial charge in [-0.3, -0.25) is 4.79 Å². The normalized spacial score (nSPS) is 11.4. The van der Waals surface area contributed by atoms with Crippen LogP contribution in [0.3, 0.4) is 0 Å². The highest BCUT2D eigenvalue weighted by molar-refractivity contribution is 5.99. The van der Waals surface area contributed by atoms with E-state index in [9.17, 15) is 4.79 Å². The van der Waals surface area contributed by atoms with Crippen molar-refractivity contribution in [3.63, 3.8) is 0 Å². The van der Waals surface area contributed by atoms with Crippen molar-refractivity contribution in [2.45, 2.75) is 13.1 Å². The van der Waals surface area contributed by atoms with Gasteiger partial charge in [0.1, 0.15) is 11.8 Å². The Labute approximate surface area is 190 Å². The summed E-state index contributed by atoms with van der Waals surface area (Å²) in [5, 5.41) is 1.07. The zero-order valence-corrected chi connectivity index (χ0v) is 18.4. The number of hydrogen-bond donors (Lipinski definition) is 3. The van der Waals surface area contributed by atoms with Gasteiger partial charge >= 0.3 is 0 Å². The number of nitrogens with one attached hydrogen (secondary N) is 1. The summed E-state index contributed by atoms with van der Waals surface area (Å²) in [6.07, 6.45) is 3.17. The van der Waals surface area contributed by atoms with Gasteiger partial charge in [0.25, 0.3) is 5.91 Å². The van der Waals surface area contributed by atoms with E-state index in [1.54, 1.807) is 25.3 Å². The van der Waals surface area contributed by atoms with Crippen molar-refractivity contribution in [3.8, 4) is 11.1 Å². The van der Waals surface area contributed by atoms with Crippen LogP contribution in [-0.4, -0.2) is 49.4 Å². The quantitative estimate of drug-likeness (QED) is 0.385. The van der Waals surface area contributed by atoms with Crippen LogP contribution < -0.4 is 11.5 Å². The minimum absolute atomic E-state index is 0.0221. The van der Waals surface area contributed by atoms with Gasteiger partial charge in [-0.2, -0.15) is 0 Å². The third-order valence-corrected chi connectivity index (χ3v) is 5.78. The number of carbonyl (C=O) groups excluding carboxylic acids is 1. The van der Waals surface area contributed by atoms with Crippen molar-refractivity contribution in [1.82, 2.24) is 29.4 Å². The molecular formula is C24H24N8O. The van der Waals surface area contributed by atoms with Crippen molar-refractivity contribution in [1.29, 1.82) is 0 Å². The van der Waals surface area contributed by atoms with E-state index in [4.69, 9.17) is 11.5 Å². The largest absolute Gasteiger partial charge is 0.382 e. The molecular weight excluding hydrogens is 416 g/mol. The first kappa shape index (κ1) is 20.7. The molecule has 0 aliphatic heterocycles. The summed E-state index contributed by atoms with van der Waals surface area (Å²) in [6.45, 7) is 0.964. The molecule has 0 spiro atoms. The van der Waals surface area contributed by atoms with E-state index in [2.05, 4.69) is 38.1 Å². The van der Waals surface area contributed by atoms with Crippen LogP contribution in [0.15, 0.2) is 55.1 Å². The van der Waals surface area contributed by atoms with Crippen molar-refractivity contribution < 1.29 is 4.79 Å². The molecule has 9 heteroatoms. The number of hydrogen-bond acceptors (Lipinski definition) is 6. The summed E-state index contributed by atoms with van der Waals surface area (Å²) in [4.78, 5) is 30.0. The lowest BCUT2D eigenvalue weighted by molar-refractivity contribution is 0.0827. The van der Waals surface area contributed by atoms with Gasteiger partial charge in [-0.1, -0.05) is 24.3 Å². The maximum atomic E-state index is 12.2. The Hall–Kier alpha value is -4.24. The summed E-state index contributed by atoms with van der Waals surface area (Å²) in [5.74, 6) is 0.340. The molecule has 0 fully saturated rings. The van der Waals surface area contributed by atoms with Gasteiger partial charge in [-0.05, 0) is 34.9 Å². The standard InChI is InChI=1S/C24H24N8O/c1-31(2)24(33)15-5-3-14(4-6-15)18-8-7-16(20-19(18)9-17(10-25)30-20)11-32-13-29-21-22(26)27-12-28-23(21)32/h3-9,12-13,30H,10-11,25H2,1-2H3,(H2,26,27,28). The van der Waals surface area contributed by atoms with Crippen LogP contribution >= 0.6 is 0 Å². The first-order chi connectivity index (χ1) is 16.0. The number of H-pyrrole nitrogens is 1. The molecule has 9 nitrogen and oxygen atoms in total. The second kappa shape index (κ2) is 8.03. The van der Waals surface area contributed by atoms with Crippen LogP contribution in [0.4, 0.5) is 5.82 Å². The lowest BCUT2D eigenvalue weighted by Crippen LogP contribution is -2.21. The van der Waals surface area contributed by atoms with Gasteiger partial charge in [0, 0.05) is 37.3 Å². The number of aromatic amines is 1. The summed E-state index contributed by atoms with van der Waals surface area (Å²) in [5.41, 5.74) is 18.9. The average Bonchev–Trinajstić information content (AvgIpc) is 3.44. The van der Waals surface area contributed by atoms with Crippen molar-refractivity contribution in [3.05, 3.63) is 71.9 Å². The SMILES string of the molecule is CN(C)C(=O)c1ccc(-c2ccc(Cn3cnc4c(N)ncnc43)c3[nH]c(CN)cc23)cc1. The van der Waals surface area contributed by atoms with Crippen molar-refractivity contribution >= 4 is 33.8 Å². The maximum Gasteiger partial charge on any atom is 0.253 e. The second-order valence-electron chi connectivity index (χ2n) is 8.14. The third kappa shape index (κ3) is 3.58. The van der Waals surface area contributed by atoms with Crippen LogP contribution in [0.2, 0.25) is 0 Å². The Bertz CT molecular complexity index is 1480. The van der Waals surface area contributed by atoms with Gasteiger partial charge in [0.15, 0.2) is 11.5 Å². The van der Waals surface area contributed by atoms with Crippen LogP contribution in [0.5, 0.6) is 0 Å². The number of imidazole rings is 1. The van der Waals surface area contributed by atoms with E-state index in [1.807, 2.05) is 28.8 Å². The average molecular weight is 441 g/mol. The van der Waals surface area contributed by atoms with E-state index < -0.39 is 0 Å². The summed E-state index contributed by atoms with van der Waals surface area (Å²) in [6, 6.07) is 13.9. The van der Waals surface area contributed by atoms with Gasteiger partial charge in [0.2, 0.25) is 0 Å². The fourth-order valence-corrected chi connectivity index (χ4v) is 4.08. The minimum atomic E-state index is -0.0221. The molecule has 2 aromatic carbocycles. The van der Waals surface area contributed by atoms with E-state index in [0.29, 0.717) is 35.6 Å². The van der Waals surface area contributed by atoms with Gasteiger partial charge in [-0.25, -0.2) is 15.0 Å².